The highest BCUT2D eigenvalue weighted by atomic mass is 16.4. The maximum atomic E-state index is 9.10. The van der Waals surface area contributed by atoms with Gasteiger partial charge in [-0.25, -0.2) is 0 Å². The van der Waals surface area contributed by atoms with Crippen LogP contribution in [0.25, 0.3) is 0 Å². The van der Waals surface area contributed by atoms with Crippen molar-refractivity contribution in [3.63, 3.8) is 0 Å². The molecule has 0 saturated carbocycles. The lowest BCUT2D eigenvalue weighted by Crippen LogP contribution is -2.44. The van der Waals surface area contributed by atoms with Crippen LogP contribution in [0.2, 0.25) is 0 Å². The first-order valence-electron chi connectivity index (χ1n) is 5.26. The molecule has 0 amide bonds. The third-order valence-corrected chi connectivity index (χ3v) is 2.48. The molecule has 0 unspecified atom stereocenters. The molecule has 1 aromatic heterocycles. The summed E-state index contributed by atoms with van der Waals surface area (Å²) >= 11 is 0. The Bertz CT molecular complexity index is 304. The van der Waals surface area contributed by atoms with Gasteiger partial charge in [0.15, 0.2) is 0 Å². The van der Waals surface area contributed by atoms with Crippen LogP contribution in [0.1, 0.15) is 27.7 Å². The van der Waals surface area contributed by atoms with Gasteiger partial charge in [-0.2, -0.15) is 0 Å². The Kier molecular flexibility index (Phi) is 5.77. The minimum atomic E-state index is -1.40. The van der Waals surface area contributed by atoms with Crippen molar-refractivity contribution in [2.24, 2.45) is 0 Å². The summed E-state index contributed by atoms with van der Waals surface area (Å²) in [5.41, 5.74) is -1.60. The van der Waals surface area contributed by atoms with E-state index < -0.39 is 18.3 Å². The lowest BCUT2D eigenvalue weighted by atomic mass is 9.82. The van der Waals surface area contributed by atoms with Gasteiger partial charge in [-0.1, -0.05) is 6.07 Å². The molecule has 1 aromatic rings. The molecule has 0 radical (unpaired) electrons. The molecule has 0 aromatic carbocycles. The molecule has 5 nitrogen and oxygen atoms in total. The fourth-order valence-corrected chi connectivity index (χ4v) is 0.529. The smallest absolute Gasteiger partial charge is 0.423 e. The average Bonchev–Trinajstić information content (AvgIpc) is 2.17. The highest BCUT2D eigenvalue weighted by Crippen LogP contribution is 2.19. The van der Waals surface area contributed by atoms with Crippen molar-refractivity contribution in [2.75, 3.05) is 0 Å². The lowest BCUT2D eigenvalue weighted by molar-refractivity contribution is -0.107. The van der Waals surface area contributed by atoms with Gasteiger partial charge in [0.25, 0.3) is 0 Å². The zero-order chi connectivity index (χ0) is 13.7. The van der Waals surface area contributed by atoms with E-state index in [4.69, 9.17) is 20.3 Å². The third kappa shape index (κ3) is 6.38. The zero-order valence-electron chi connectivity index (χ0n) is 10.6. The number of rotatable bonds is 2. The second kappa shape index (κ2) is 6.11. The van der Waals surface area contributed by atoms with Gasteiger partial charge in [-0.3, -0.25) is 4.98 Å². The Labute approximate surface area is 102 Å². The summed E-state index contributed by atoms with van der Waals surface area (Å²) in [7, 11) is -1.40. The fourth-order valence-electron chi connectivity index (χ4n) is 0.529. The molecule has 1 rings (SSSR count). The first-order valence-corrected chi connectivity index (χ1v) is 5.26. The van der Waals surface area contributed by atoms with E-state index in [-0.39, 0.29) is 0 Å². The van der Waals surface area contributed by atoms with Crippen molar-refractivity contribution in [1.82, 2.24) is 4.98 Å². The Morgan fingerprint density at radius 1 is 1.06 bits per heavy atom. The second-order valence-electron chi connectivity index (χ2n) is 4.78. The number of pyridine rings is 1. The fraction of sp³-hybridized carbons (Fsp3) is 0.545. The van der Waals surface area contributed by atoms with E-state index in [0.29, 0.717) is 5.46 Å². The van der Waals surface area contributed by atoms with Crippen LogP contribution in [-0.2, 0) is 0 Å². The van der Waals surface area contributed by atoms with Crippen LogP contribution in [-0.4, -0.2) is 43.6 Å². The number of hydrogen-bond donors (Lipinski definition) is 4. The van der Waals surface area contributed by atoms with Crippen LogP contribution >= 0.6 is 0 Å². The van der Waals surface area contributed by atoms with E-state index in [9.17, 15) is 0 Å². The van der Waals surface area contributed by atoms with Crippen LogP contribution in [0.4, 0.5) is 0 Å². The number of aromatic nitrogens is 1. The maximum absolute atomic E-state index is 9.10. The van der Waals surface area contributed by atoms with Crippen molar-refractivity contribution < 1.29 is 20.3 Å². The Hall–Kier alpha value is -0.945. The van der Waals surface area contributed by atoms with Gasteiger partial charge < -0.3 is 20.3 Å². The molecule has 0 aliphatic heterocycles. The first-order chi connectivity index (χ1) is 7.55. The van der Waals surface area contributed by atoms with E-state index in [1.807, 2.05) is 0 Å². The minimum absolute atomic E-state index is 0.414. The lowest BCUT2D eigenvalue weighted by Gasteiger charge is -2.31. The van der Waals surface area contributed by atoms with Crippen molar-refractivity contribution >= 4 is 12.6 Å². The quantitative estimate of drug-likeness (QED) is 0.513. The van der Waals surface area contributed by atoms with Gasteiger partial charge in [-0.05, 0) is 33.8 Å². The number of hydrogen-bond acceptors (Lipinski definition) is 5. The molecule has 0 spiro atoms. The van der Waals surface area contributed by atoms with Gasteiger partial charge in [0.05, 0.1) is 11.2 Å². The minimum Gasteiger partial charge on any atom is -0.423 e. The normalized spacial score (nSPS) is 11.5. The van der Waals surface area contributed by atoms with Crippen LogP contribution in [0.5, 0.6) is 0 Å². The van der Waals surface area contributed by atoms with Crippen molar-refractivity contribution in [3.05, 3.63) is 24.5 Å². The third-order valence-electron chi connectivity index (χ3n) is 2.48. The summed E-state index contributed by atoms with van der Waals surface area (Å²) in [6.07, 6.45) is 2.98. The van der Waals surface area contributed by atoms with E-state index >= 15 is 0 Å². The van der Waals surface area contributed by atoms with Gasteiger partial charge in [0.1, 0.15) is 0 Å². The highest BCUT2D eigenvalue weighted by molar-refractivity contribution is 6.58. The standard InChI is InChI=1S/C6H14O2.C5H6BNO2/c1-5(2,7)6(3,4)8;8-6(9)5-2-1-3-7-4-5/h7-8H,1-4H3;1-4,8-9H. The monoisotopic (exact) mass is 241 g/mol. The molecule has 0 aliphatic carbocycles. The molecule has 6 heteroatoms. The molecule has 17 heavy (non-hydrogen) atoms. The summed E-state index contributed by atoms with van der Waals surface area (Å²) in [6, 6.07) is 3.24. The van der Waals surface area contributed by atoms with E-state index in [1.165, 1.54) is 6.20 Å². The largest absolute Gasteiger partial charge is 0.490 e. The molecule has 0 atom stereocenters. The summed E-state index contributed by atoms with van der Waals surface area (Å²) in [6.45, 7) is 6.31. The van der Waals surface area contributed by atoms with Crippen molar-refractivity contribution in [2.45, 2.75) is 38.9 Å². The predicted molar refractivity (Wildman–Crippen MR) is 66.7 cm³/mol. The molecule has 0 saturated heterocycles. The number of nitrogens with zero attached hydrogens (tertiary/aromatic N) is 1. The summed E-state index contributed by atoms with van der Waals surface area (Å²) in [5.74, 6) is 0. The molecule has 0 fully saturated rings. The van der Waals surface area contributed by atoms with E-state index in [1.54, 1.807) is 46.0 Å². The van der Waals surface area contributed by atoms with Crippen LogP contribution in [0.3, 0.4) is 0 Å². The van der Waals surface area contributed by atoms with Crippen LogP contribution in [0, 0.1) is 0 Å². The Morgan fingerprint density at radius 3 is 1.71 bits per heavy atom. The topological polar surface area (TPSA) is 93.8 Å². The maximum Gasteiger partial charge on any atom is 0.490 e. The molecule has 1 heterocycles. The van der Waals surface area contributed by atoms with Gasteiger partial charge in [0.2, 0.25) is 0 Å². The molecule has 4 N–H and O–H groups in total. The Balaban J connectivity index is 0.000000304. The predicted octanol–water partition coefficient (Wildman–Crippen LogP) is -0.710. The van der Waals surface area contributed by atoms with Gasteiger partial charge in [-0.15, -0.1) is 0 Å². The first kappa shape index (κ1) is 16.1. The summed E-state index contributed by atoms with van der Waals surface area (Å²) in [4.78, 5) is 3.69. The average molecular weight is 241 g/mol. The second-order valence-corrected chi connectivity index (χ2v) is 4.78. The molecular formula is C11H20BNO4. The van der Waals surface area contributed by atoms with E-state index in [0.717, 1.165) is 0 Å². The van der Waals surface area contributed by atoms with E-state index in [2.05, 4.69) is 4.98 Å². The molecule has 0 bridgehead atoms. The molecule has 96 valence electrons. The van der Waals surface area contributed by atoms with Crippen molar-refractivity contribution in [1.29, 1.82) is 0 Å². The summed E-state index contributed by atoms with van der Waals surface area (Å²) < 4.78 is 0. The molecular weight excluding hydrogens is 221 g/mol. The molecule has 0 aliphatic rings. The summed E-state index contributed by atoms with van der Waals surface area (Å²) in [5, 5.41) is 35.3. The highest BCUT2D eigenvalue weighted by Gasteiger charge is 2.31. The van der Waals surface area contributed by atoms with Crippen LogP contribution in [0.15, 0.2) is 24.5 Å². The van der Waals surface area contributed by atoms with Crippen molar-refractivity contribution in [3.8, 4) is 0 Å². The van der Waals surface area contributed by atoms with Gasteiger partial charge >= 0.3 is 7.12 Å². The zero-order valence-corrected chi connectivity index (χ0v) is 10.6. The van der Waals surface area contributed by atoms with Gasteiger partial charge in [0, 0.05) is 17.9 Å². The Morgan fingerprint density at radius 2 is 1.53 bits per heavy atom. The SMILES string of the molecule is CC(C)(O)C(C)(C)O.OB(O)c1cccnc1. The van der Waals surface area contributed by atoms with Crippen LogP contribution < -0.4 is 5.46 Å². The number of aliphatic hydroxyl groups is 2.